The van der Waals surface area contributed by atoms with E-state index in [1.807, 2.05) is 68.4 Å². The van der Waals surface area contributed by atoms with Crippen LogP contribution in [-0.2, 0) is 9.53 Å². The Hall–Kier alpha value is -2.88. The summed E-state index contributed by atoms with van der Waals surface area (Å²) in [5.74, 6) is 0.123. The molecular formula is C27H27NO3Se. The van der Waals surface area contributed by atoms with Gasteiger partial charge in [0.25, 0.3) is 0 Å². The van der Waals surface area contributed by atoms with Crippen LogP contribution in [0.3, 0.4) is 0 Å². The molecule has 164 valence electrons. The molecule has 0 bridgehead atoms. The summed E-state index contributed by atoms with van der Waals surface area (Å²) in [6, 6.07) is 26.2. The van der Waals surface area contributed by atoms with Crippen molar-refractivity contribution in [1.29, 1.82) is 0 Å². The standard InChI is InChI=1S/C27H27NO3Se/c1-18(2)26(25(16-29)32-19-10-4-3-5-11-19)28-27(30)31-17-24-22-14-8-6-12-20(22)21-13-7-9-15-23(21)24/h3-16,18,24-26H,17H2,1-2H3,(H,28,30)/t25-,26+/m1/s1. The Kier molecular flexibility index (Phi) is 7.09. The van der Waals surface area contributed by atoms with E-state index < -0.39 is 6.09 Å². The molecule has 0 radical (unpaired) electrons. The summed E-state index contributed by atoms with van der Waals surface area (Å²) in [6.45, 7) is 4.30. The van der Waals surface area contributed by atoms with E-state index in [-0.39, 0.29) is 44.3 Å². The maximum absolute atomic E-state index is 12.8. The van der Waals surface area contributed by atoms with E-state index in [9.17, 15) is 9.59 Å². The van der Waals surface area contributed by atoms with Gasteiger partial charge in [-0.15, -0.1) is 0 Å². The summed E-state index contributed by atoms with van der Waals surface area (Å²) in [5.41, 5.74) is 4.76. The van der Waals surface area contributed by atoms with Crippen molar-refractivity contribution in [2.24, 2.45) is 5.92 Å². The molecular weight excluding hydrogens is 465 g/mol. The third kappa shape index (κ3) is 4.79. The van der Waals surface area contributed by atoms with Crippen LogP contribution in [0.1, 0.15) is 30.9 Å². The van der Waals surface area contributed by atoms with E-state index in [2.05, 4.69) is 29.6 Å². The first kappa shape index (κ1) is 22.3. The fourth-order valence-corrected chi connectivity index (χ4v) is 6.79. The Morgan fingerprint density at radius 2 is 1.50 bits per heavy atom. The van der Waals surface area contributed by atoms with Crippen LogP contribution in [0.25, 0.3) is 11.1 Å². The van der Waals surface area contributed by atoms with Gasteiger partial charge in [-0.2, -0.15) is 0 Å². The zero-order valence-electron chi connectivity index (χ0n) is 18.2. The third-order valence-electron chi connectivity index (χ3n) is 5.85. The van der Waals surface area contributed by atoms with Crippen LogP contribution < -0.4 is 9.78 Å². The van der Waals surface area contributed by atoms with Crippen molar-refractivity contribution in [3.8, 4) is 11.1 Å². The normalized spacial score (nSPS) is 14.3. The number of hydrogen-bond donors (Lipinski definition) is 1. The quantitative estimate of drug-likeness (QED) is 0.370. The van der Waals surface area contributed by atoms with Gasteiger partial charge in [0.2, 0.25) is 0 Å². The van der Waals surface area contributed by atoms with E-state index in [1.54, 1.807) is 0 Å². The first-order valence-electron chi connectivity index (χ1n) is 10.9. The van der Waals surface area contributed by atoms with E-state index in [1.165, 1.54) is 22.3 Å². The molecule has 1 aliphatic rings. The number of fused-ring (bicyclic) bond motifs is 3. The number of ether oxygens (including phenoxy) is 1. The Balaban J connectivity index is 1.44. The summed E-state index contributed by atoms with van der Waals surface area (Å²) in [4.78, 5) is 24.4. The van der Waals surface area contributed by atoms with Crippen LogP contribution in [0.4, 0.5) is 4.79 Å². The van der Waals surface area contributed by atoms with E-state index in [0.29, 0.717) is 0 Å². The molecule has 0 spiro atoms. The van der Waals surface area contributed by atoms with E-state index in [4.69, 9.17) is 4.74 Å². The Bertz CT molecular complexity index is 1040. The molecule has 0 aromatic heterocycles. The van der Waals surface area contributed by atoms with Crippen LogP contribution >= 0.6 is 0 Å². The summed E-state index contributed by atoms with van der Waals surface area (Å²) in [5, 5.41) is 2.98. The number of benzene rings is 3. The van der Waals surface area contributed by atoms with Crippen molar-refractivity contribution >= 4 is 31.8 Å². The molecule has 1 amide bonds. The molecule has 1 aliphatic carbocycles. The van der Waals surface area contributed by atoms with Gasteiger partial charge < -0.3 is 0 Å². The van der Waals surface area contributed by atoms with E-state index in [0.717, 1.165) is 10.7 Å². The van der Waals surface area contributed by atoms with Gasteiger partial charge in [0.15, 0.2) is 0 Å². The van der Waals surface area contributed by atoms with Gasteiger partial charge in [-0.05, 0) is 0 Å². The number of amides is 1. The minimum atomic E-state index is -0.471. The first-order valence-corrected chi connectivity index (χ1v) is 12.7. The molecule has 0 saturated carbocycles. The zero-order chi connectivity index (χ0) is 22.5. The van der Waals surface area contributed by atoms with E-state index >= 15 is 0 Å². The van der Waals surface area contributed by atoms with Crippen molar-refractivity contribution in [2.75, 3.05) is 6.61 Å². The maximum atomic E-state index is 12.8. The second kappa shape index (κ2) is 10.2. The molecule has 32 heavy (non-hydrogen) atoms. The summed E-state index contributed by atoms with van der Waals surface area (Å²) in [7, 11) is 0. The summed E-state index contributed by atoms with van der Waals surface area (Å²) < 4.78 is 6.84. The zero-order valence-corrected chi connectivity index (χ0v) is 19.9. The second-order valence-electron chi connectivity index (χ2n) is 8.27. The molecule has 3 aromatic carbocycles. The molecule has 1 N–H and O–H groups in total. The van der Waals surface area contributed by atoms with Crippen LogP contribution in [0, 0.1) is 5.92 Å². The topological polar surface area (TPSA) is 55.4 Å². The molecule has 0 unspecified atom stereocenters. The number of hydrogen-bond acceptors (Lipinski definition) is 3. The average molecular weight is 492 g/mol. The van der Waals surface area contributed by atoms with Gasteiger partial charge in [0.05, 0.1) is 0 Å². The Morgan fingerprint density at radius 3 is 2.06 bits per heavy atom. The average Bonchev–Trinajstić information content (AvgIpc) is 3.14. The molecule has 2 atom stereocenters. The van der Waals surface area contributed by atoms with Crippen LogP contribution in [0.15, 0.2) is 78.9 Å². The Morgan fingerprint density at radius 1 is 0.938 bits per heavy atom. The molecule has 0 aliphatic heterocycles. The molecule has 0 fully saturated rings. The molecule has 3 aromatic rings. The van der Waals surface area contributed by atoms with Gasteiger partial charge in [0, 0.05) is 0 Å². The van der Waals surface area contributed by atoms with Gasteiger partial charge in [0.1, 0.15) is 0 Å². The van der Waals surface area contributed by atoms with Crippen molar-refractivity contribution < 1.29 is 14.3 Å². The number of rotatable bonds is 8. The SMILES string of the molecule is CC(C)[C@H](NC(=O)OCC1c2ccccc2-c2ccccc21)[C@@H](C=O)[Se]c1ccccc1. The Labute approximate surface area is 195 Å². The fourth-order valence-electron chi connectivity index (χ4n) is 4.25. The van der Waals surface area contributed by atoms with Crippen LogP contribution in [0.5, 0.6) is 0 Å². The molecule has 0 saturated heterocycles. The molecule has 4 nitrogen and oxygen atoms in total. The van der Waals surface area contributed by atoms with Crippen LogP contribution in [0.2, 0.25) is 4.82 Å². The van der Waals surface area contributed by atoms with Crippen molar-refractivity contribution in [2.45, 2.75) is 30.6 Å². The monoisotopic (exact) mass is 493 g/mol. The summed E-state index contributed by atoms with van der Waals surface area (Å²) >= 11 is -0.0748. The van der Waals surface area contributed by atoms with Crippen molar-refractivity contribution in [3.05, 3.63) is 90.0 Å². The van der Waals surface area contributed by atoms with Crippen molar-refractivity contribution in [1.82, 2.24) is 5.32 Å². The molecule has 0 heterocycles. The predicted octanol–water partition coefficient (Wildman–Crippen LogP) is 4.57. The van der Waals surface area contributed by atoms with Gasteiger partial charge >= 0.3 is 196 Å². The fraction of sp³-hybridized carbons (Fsp3) is 0.259. The number of alkyl carbamates (subject to hydrolysis) is 1. The van der Waals surface area contributed by atoms with Gasteiger partial charge in [-0.25, -0.2) is 0 Å². The number of nitrogens with one attached hydrogen (secondary N) is 1. The minimum absolute atomic E-state index is 0.0149. The second-order valence-corrected chi connectivity index (χ2v) is 10.9. The first-order chi connectivity index (χ1) is 15.6. The molecule has 5 heteroatoms. The summed E-state index contributed by atoms with van der Waals surface area (Å²) in [6.07, 6.45) is 0.503. The number of carbonyl (C=O) groups excluding carboxylic acids is 2. The number of carbonyl (C=O) groups is 2. The predicted molar refractivity (Wildman–Crippen MR) is 128 cm³/mol. The number of aldehydes is 1. The van der Waals surface area contributed by atoms with Gasteiger partial charge in [-0.1, -0.05) is 0 Å². The van der Waals surface area contributed by atoms with Crippen molar-refractivity contribution in [3.63, 3.8) is 0 Å². The van der Waals surface area contributed by atoms with Crippen LogP contribution in [-0.4, -0.2) is 40.0 Å². The molecule has 4 rings (SSSR count). The van der Waals surface area contributed by atoms with Gasteiger partial charge in [-0.3, -0.25) is 0 Å². The third-order valence-corrected chi connectivity index (χ3v) is 8.41.